The third kappa shape index (κ3) is 3.61. The van der Waals surface area contributed by atoms with Crippen molar-refractivity contribution in [1.82, 2.24) is 9.80 Å². The van der Waals surface area contributed by atoms with Gasteiger partial charge in [0, 0.05) is 32.1 Å². The summed E-state index contributed by atoms with van der Waals surface area (Å²) < 4.78 is 0. The van der Waals surface area contributed by atoms with Crippen LogP contribution in [0.4, 0.5) is 4.79 Å². The lowest BCUT2D eigenvalue weighted by atomic mass is 10.0. The van der Waals surface area contributed by atoms with Crippen molar-refractivity contribution < 1.29 is 14.7 Å². The average Bonchev–Trinajstić information content (AvgIpc) is 2.59. The number of amides is 2. The van der Waals surface area contributed by atoms with Gasteiger partial charge in [0.05, 0.1) is 0 Å². The monoisotopic (exact) mass is 242 g/mol. The van der Waals surface area contributed by atoms with Crippen molar-refractivity contribution in [2.45, 2.75) is 39.7 Å². The van der Waals surface area contributed by atoms with Crippen LogP contribution in [0.25, 0.3) is 0 Å². The van der Waals surface area contributed by atoms with E-state index in [1.807, 2.05) is 20.8 Å². The molecule has 0 radical (unpaired) electrons. The van der Waals surface area contributed by atoms with Gasteiger partial charge in [-0.25, -0.2) is 4.79 Å². The van der Waals surface area contributed by atoms with Gasteiger partial charge in [-0.15, -0.1) is 0 Å². The lowest BCUT2D eigenvalue weighted by Crippen LogP contribution is -2.47. The fourth-order valence-electron chi connectivity index (χ4n) is 2.16. The molecule has 5 heteroatoms. The maximum atomic E-state index is 11.2. The number of likely N-dealkylation sites (tertiary alicyclic amines) is 1. The highest BCUT2D eigenvalue weighted by molar-refractivity contribution is 5.73. The van der Waals surface area contributed by atoms with E-state index in [0.717, 1.165) is 13.0 Å². The summed E-state index contributed by atoms with van der Waals surface area (Å²) in [6, 6.07) is 0. The second-order valence-electron chi connectivity index (χ2n) is 5.68. The first-order valence-electron chi connectivity index (χ1n) is 5.98. The third-order valence-corrected chi connectivity index (χ3v) is 3.21. The molecule has 1 aliphatic rings. The molecule has 1 unspecified atom stereocenters. The highest BCUT2D eigenvalue weighted by Crippen LogP contribution is 2.22. The van der Waals surface area contributed by atoms with E-state index in [1.165, 1.54) is 4.90 Å². The summed E-state index contributed by atoms with van der Waals surface area (Å²) in [5.41, 5.74) is -0.393. The molecule has 0 aromatic rings. The third-order valence-electron chi connectivity index (χ3n) is 3.21. The molecule has 1 rings (SSSR count). The Kier molecular flexibility index (Phi) is 4.01. The van der Waals surface area contributed by atoms with Crippen LogP contribution in [0.1, 0.15) is 34.1 Å². The van der Waals surface area contributed by atoms with Crippen LogP contribution in [0.15, 0.2) is 0 Å². The minimum atomic E-state index is -0.890. The Balaban J connectivity index is 2.59. The number of hydrogen-bond donors (Lipinski definition) is 1. The van der Waals surface area contributed by atoms with E-state index in [0.29, 0.717) is 13.1 Å². The van der Waals surface area contributed by atoms with Crippen molar-refractivity contribution in [2.24, 2.45) is 5.92 Å². The minimum Gasteiger partial charge on any atom is -0.465 e. The first-order valence-corrected chi connectivity index (χ1v) is 5.98. The molecule has 0 saturated carbocycles. The lowest BCUT2D eigenvalue weighted by molar-refractivity contribution is -0.127. The van der Waals surface area contributed by atoms with Crippen molar-refractivity contribution >= 4 is 12.0 Å². The molecule has 0 aliphatic carbocycles. The van der Waals surface area contributed by atoms with Gasteiger partial charge in [0.25, 0.3) is 0 Å². The van der Waals surface area contributed by atoms with Crippen LogP contribution in [0, 0.1) is 5.92 Å². The second-order valence-corrected chi connectivity index (χ2v) is 5.68. The zero-order chi connectivity index (χ0) is 13.2. The Morgan fingerprint density at radius 3 is 2.35 bits per heavy atom. The van der Waals surface area contributed by atoms with Crippen molar-refractivity contribution in [3.63, 3.8) is 0 Å². The molecule has 5 nitrogen and oxygen atoms in total. The predicted molar refractivity (Wildman–Crippen MR) is 64.8 cm³/mol. The van der Waals surface area contributed by atoms with Gasteiger partial charge in [-0.2, -0.15) is 0 Å². The Morgan fingerprint density at radius 1 is 1.41 bits per heavy atom. The van der Waals surface area contributed by atoms with Gasteiger partial charge in [0.2, 0.25) is 5.91 Å². The Bertz CT molecular complexity index is 309. The van der Waals surface area contributed by atoms with E-state index < -0.39 is 11.6 Å². The van der Waals surface area contributed by atoms with Crippen LogP contribution in [0.3, 0.4) is 0 Å². The van der Waals surface area contributed by atoms with Gasteiger partial charge in [0.15, 0.2) is 0 Å². The summed E-state index contributed by atoms with van der Waals surface area (Å²) >= 11 is 0. The van der Waals surface area contributed by atoms with E-state index in [9.17, 15) is 14.7 Å². The fourth-order valence-corrected chi connectivity index (χ4v) is 2.16. The summed E-state index contributed by atoms with van der Waals surface area (Å²) in [7, 11) is 0. The molecule has 0 aromatic heterocycles. The van der Waals surface area contributed by atoms with E-state index in [1.54, 1.807) is 11.8 Å². The summed E-state index contributed by atoms with van der Waals surface area (Å²) in [5, 5.41) is 9.19. The summed E-state index contributed by atoms with van der Waals surface area (Å²) in [4.78, 5) is 25.6. The SMILES string of the molecule is CC(=O)N1CCC(CN(C(=O)O)C(C)(C)C)C1. The van der Waals surface area contributed by atoms with Crippen molar-refractivity contribution in [1.29, 1.82) is 0 Å². The number of rotatable bonds is 2. The van der Waals surface area contributed by atoms with Crippen molar-refractivity contribution in [3.8, 4) is 0 Å². The predicted octanol–water partition coefficient (Wildman–Crippen LogP) is 1.63. The molecule has 0 bridgehead atoms. The van der Waals surface area contributed by atoms with Gasteiger partial charge in [-0.3, -0.25) is 4.79 Å². The fraction of sp³-hybridized carbons (Fsp3) is 0.833. The summed E-state index contributed by atoms with van der Waals surface area (Å²) in [6.07, 6.45) is -0.00169. The van der Waals surface area contributed by atoms with Crippen LogP contribution >= 0.6 is 0 Å². The molecule has 1 fully saturated rings. The Hall–Kier alpha value is -1.26. The smallest absolute Gasteiger partial charge is 0.407 e. The quantitative estimate of drug-likeness (QED) is 0.800. The summed E-state index contributed by atoms with van der Waals surface area (Å²) in [6.45, 7) is 9.15. The standard InChI is InChI=1S/C12H22N2O3/c1-9(15)13-6-5-10(7-13)8-14(11(16)17)12(2,3)4/h10H,5-8H2,1-4H3,(H,16,17). The normalized spacial score (nSPS) is 20.5. The number of carboxylic acid groups (broad SMARTS) is 1. The molecule has 1 atom stereocenters. The highest BCUT2D eigenvalue weighted by Gasteiger charge is 2.32. The molecule has 1 heterocycles. The first-order chi connectivity index (χ1) is 7.71. The lowest BCUT2D eigenvalue weighted by Gasteiger charge is -2.35. The zero-order valence-electron chi connectivity index (χ0n) is 11.1. The maximum Gasteiger partial charge on any atom is 0.407 e. The molecular weight excluding hydrogens is 220 g/mol. The number of hydrogen-bond acceptors (Lipinski definition) is 2. The maximum absolute atomic E-state index is 11.2. The summed E-state index contributed by atoms with van der Waals surface area (Å²) in [5.74, 6) is 0.333. The van der Waals surface area contributed by atoms with Crippen LogP contribution in [0.5, 0.6) is 0 Å². The molecular formula is C12H22N2O3. The van der Waals surface area contributed by atoms with E-state index in [4.69, 9.17) is 0 Å². The van der Waals surface area contributed by atoms with Gasteiger partial charge in [0.1, 0.15) is 0 Å². The molecule has 1 N–H and O–H groups in total. The second kappa shape index (κ2) is 4.94. The highest BCUT2D eigenvalue weighted by atomic mass is 16.4. The van der Waals surface area contributed by atoms with Crippen LogP contribution < -0.4 is 0 Å². The largest absolute Gasteiger partial charge is 0.465 e. The van der Waals surface area contributed by atoms with Gasteiger partial charge < -0.3 is 14.9 Å². The molecule has 2 amide bonds. The molecule has 98 valence electrons. The molecule has 0 aromatic carbocycles. The minimum absolute atomic E-state index is 0.0742. The Labute approximate surface area is 102 Å². The number of carbonyl (C=O) groups excluding carboxylic acids is 1. The van der Waals surface area contributed by atoms with Crippen LogP contribution in [-0.2, 0) is 4.79 Å². The van der Waals surface area contributed by atoms with Gasteiger partial charge >= 0.3 is 6.09 Å². The van der Waals surface area contributed by atoms with E-state index >= 15 is 0 Å². The Morgan fingerprint density at radius 2 is 2.00 bits per heavy atom. The molecule has 17 heavy (non-hydrogen) atoms. The first kappa shape index (κ1) is 13.8. The molecule has 1 aliphatic heterocycles. The molecule has 0 spiro atoms. The zero-order valence-corrected chi connectivity index (χ0v) is 11.1. The average molecular weight is 242 g/mol. The topological polar surface area (TPSA) is 60.9 Å². The van der Waals surface area contributed by atoms with Crippen LogP contribution in [0.2, 0.25) is 0 Å². The van der Waals surface area contributed by atoms with Crippen molar-refractivity contribution in [3.05, 3.63) is 0 Å². The van der Waals surface area contributed by atoms with Crippen LogP contribution in [-0.4, -0.2) is 52.1 Å². The van der Waals surface area contributed by atoms with Crippen molar-refractivity contribution in [2.75, 3.05) is 19.6 Å². The van der Waals surface area contributed by atoms with Gasteiger partial charge in [-0.1, -0.05) is 0 Å². The van der Waals surface area contributed by atoms with Gasteiger partial charge in [-0.05, 0) is 33.1 Å². The van der Waals surface area contributed by atoms with E-state index in [-0.39, 0.29) is 11.8 Å². The number of carbonyl (C=O) groups is 2. The van der Waals surface area contributed by atoms with E-state index in [2.05, 4.69) is 0 Å². The molecule has 1 saturated heterocycles. The number of nitrogens with zero attached hydrogens (tertiary/aromatic N) is 2.